The van der Waals surface area contributed by atoms with E-state index in [1.807, 2.05) is 0 Å². The minimum atomic E-state index is -0.884. The highest BCUT2D eigenvalue weighted by molar-refractivity contribution is 6.42. The van der Waals surface area contributed by atoms with Gasteiger partial charge in [0.1, 0.15) is 11.5 Å². The van der Waals surface area contributed by atoms with E-state index in [-0.39, 0.29) is 11.5 Å². The molecule has 1 aliphatic rings. The first-order valence-corrected chi connectivity index (χ1v) is 2.36. The summed E-state index contributed by atoms with van der Waals surface area (Å²) in [6, 6.07) is 0. The average Bonchev–Trinajstić information content (AvgIpc) is 1.98. The van der Waals surface area contributed by atoms with E-state index in [2.05, 4.69) is 4.74 Å². The molecule has 4 heteroatoms. The van der Waals surface area contributed by atoms with Gasteiger partial charge in [-0.25, -0.2) is 4.79 Å². The third-order valence-corrected chi connectivity index (χ3v) is 1.06. The number of nitrogens with two attached hydrogens (primary N) is 1. The third-order valence-electron chi connectivity index (χ3n) is 1.06. The molecule has 2 N–H and O–H groups in total. The smallest absolute Gasteiger partial charge is 0.386 e. The Labute approximate surface area is 51.3 Å². The predicted octanol–water partition coefficient (Wildman–Crippen LogP) is -0.698. The predicted molar refractivity (Wildman–Crippen MR) is 28.0 cm³/mol. The number of ketones is 1. The first-order chi connectivity index (χ1) is 4.13. The summed E-state index contributed by atoms with van der Waals surface area (Å²) in [5, 5.41) is 0. The van der Waals surface area contributed by atoms with Crippen LogP contribution in [0.15, 0.2) is 11.5 Å². The van der Waals surface area contributed by atoms with Crippen molar-refractivity contribution >= 4 is 11.8 Å². The molecule has 0 aromatic carbocycles. The molecule has 0 aromatic heterocycles. The molecule has 1 aliphatic heterocycles. The molecule has 0 saturated heterocycles. The summed E-state index contributed by atoms with van der Waals surface area (Å²) in [6.45, 7) is 1.47. The molecule has 0 bridgehead atoms. The van der Waals surface area contributed by atoms with Crippen LogP contribution in [0, 0.1) is 0 Å². The van der Waals surface area contributed by atoms with E-state index in [0.29, 0.717) is 0 Å². The Balaban J connectivity index is 3.01. The van der Waals surface area contributed by atoms with E-state index >= 15 is 0 Å². The van der Waals surface area contributed by atoms with Gasteiger partial charge in [0, 0.05) is 0 Å². The minimum Gasteiger partial charge on any atom is -0.423 e. The molecular weight excluding hydrogens is 122 g/mol. The zero-order chi connectivity index (χ0) is 7.02. The van der Waals surface area contributed by atoms with Crippen LogP contribution in [0.2, 0.25) is 0 Å². The standard InChI is InChI=1S/C5H5NO3/c1-2-3(6)4(7)5(8)9-2/h6H2,1H3. The largest absolute Gasteiger partial charge is 0.423 e. The van der Waals surface area contributed by atoms with Crippen LogP contribution < -0.4 is 5.73 Å². The van der Waals surface area contributed by atoms with Crippen molar-refractivity contribution in [2.75, 3.05) is 0 Å². The van der Waals surface area contributed by atoms with Gasteiger partial charge in [0.15, 0.2) is 0 Å². The molecule has 0 radical (unpaired) electrons. The van der Waals surface area contributed by atoms with Gasteiger partial charge in [-0.05, 0) is 6.92 Å². The van der Waals surface area contributed by atoms with Crippen LogP contribution in [0.1, 0.15) is 6.92 Å². The average molecular weight is 127 g/mol. The van der Waals surface area contributed by atoms with Gasteiger partial charge in [-0.2, -0.15) is 0 Å². The fraction of sp³-hybridized carbons (Fsp3) is 0.200. The van der Waals surface area contributed by atoms with Gasteiger partial charge in [0.05, 0.1) is 0 Å². The molecule has 0 unspecified atom stereocenters. The van der Waals surface area contributed by atoms with Crippen LogP contribution in [-0.4, -0.2) is 11.8 Å². The van der Waals surface area contributed by atoms with Crippen LogP contribution in [-0.2, 0) is 14.3 Å². The fourth-order valence-corrected chi connectivity index (χ4v) is 0.510. The maximum atomic E-state index is 10.5. The number of carbonyl (C=O) groups excluding carboxylic acids is 2. The fourth-order valence-electron chi connectivity index (χ4n) is 0.510. The zero-order valence-corrected chi connectivity index (χ0v) is 4.80. The summed E-state index contributed by atoms with van der Waals surface area (Å²) in [5.41, 5.74) is 5.01. The normalized spacial score (nSPS) is 18.8. The second-order valence-corrected chi connectivity index (χ2v) is 1.69. The Morgan fingerprint density at radius 3 is 2.11 bits per heavy atom. The highest BCUT2D eigenvalue weighted by Gasteiger charge is 2.28. The maximum absolute atomic E-state index is 10.5. The summed E-state index contributed by atoms with van der Waals surface area (Å²) in [4.78, 5) is 20.8. The topological polar surface area (TPSA) is 69.4 Å². The van der Waals surface area contributed by atoms with Crippen molar-refractivity contribution in [1.82, 2.24) is 0 Å². The van der Waals surface area contributed by atoms with E-state index in [9.17, 15) is 9.59 Å². The molecule has 1 heterocycles. The molecule has 0 aromatic rings. The number of cyclic esters (lactones) is 1. The SMILES string of the molecule is CC1=C(N)C(=O)C(=O)O1. The molecule has 9 heavy (non-hydrogen) atoms. The van der Waals surface area contributed by atoms with Crippen LogP contribution in [0.3, 0.4) is 0 Å². The summed E-state index contributed by atoms with van der Waals surface area (Å²) in [5.74, 6) is -1.43. The van der Waals surface area contributed by atoms with Gasteiger partial charge in [-0.3, -0.25) is 4.79 Å². The van der Waals surface area contributed by atoms with Crippen molar-refractivity contribution in [1.29, 1.82) is 0 Å². The Hall–Kier alpha value is -1.32. The van der Waals surface area contributed by atoms with Crippen molar-refractivity contribution in [3.63, 3.8) is 0 Å². The zero-order valence-electron chi connectivity index (χ0n) is 4.80. The third kappa shape index (κ3) is 0.679. The van der Waals surface area contributed by atoms with E-state index in [4.69, 9.17) is 5.73 Å². The summed E-state index contributed by atoms with van der Waals surface area (Å²) in [6.07, 6.45) is 0. The maximum Gasteiger partial charge on any atom is 0.386 e. The monoisotopic (exact) mass is 127 g/mol. The van der Waals surface area contributed by atoms with Gasteiger partial charge in [-0.15, -0.1) is 0 Å². The number of hydrogen-bond donors (Lipinski definition) is 1. The summed E-state index contributed by atoms with van der Waals surface area (Å²) in [7, 11) is 0. The van der Waals surface area contributed by atoms with E-state index in [0.717, 1.165) is 0 Å². The first kappa shape index (κ1) is 5.81. The molecular formula is C5H5NO3. The Bertz CT molecular complexity index is 213. The van der Waals surface area contributed by atoms with Gasteiger partial charge < -0.3 is 10.5 Å². The second kappa shape index (κ2) is 1.58. The van der Waals surface area contributed by atoms with Crippen LogP contribution in [0.25, 0.3) is 0 Å². The number of allylic oxidation sites excluding steroid dienone is 1. The summed E-state index contributed by atoms with van der Waals surface area (Å²) >= 11 is 0. The molecule has 0 spiro atoms. The van der Waals surface area contributed by atoms with Crippen LogP contribution >= 0.6 is 0 Å². The lowest BCUT2D eigenvalue weighted by molar-refractivity contribution is -0.146. The van der Waals surface area contributed by atoms with Crippen LogP contribution in [0.4, 0.5) is 0 Å². The number of ether oxygens (including phenoxy) is 1. The van der Waals surface area contributed by atoms with Gasteiger partial charge in [0.2, 0.25) is 0 Å². The van der Waals surface area contributed by atoms with Crippen molar-refractivity contribution < 1.29 is 14.3 Å². The molecule has 0 fully saturated rings. The Morgan fingerprint density at radius 2 is 2.00 bits per heavy atom. The van der Waals surface area contributed by atoms with Gasteiger partial charge in [0.25, 0.3) is 5.78 Å². The van der Waals surface area contributed by atoms with Crippen molar-refractivity contribution in [2.24, 2.45) is 5.73 Å². The molecule has 48 valence electrons. The quantitative estimate of drug-likeness (QED) is 0.345. The highest BCUT2D eigenvalue weighted by atomic mass is 16.5. The van der Waals surface area contributed by atoms with Crippen molar-refractivity contribution in [2.45, 2.75) is 6.92 Å². The number of hydrogen-bond acceptors (Lipinski definition) is 4. The number of carbonyl (C=O) groups is 2. The molecule has 4 nitrogen and oxygen atoms in total. The highest BCUT2D eigenvalue weighted by Crippen LogP contribution is 2.10. The molecule has 0 saturated carbocycles. The molecule has 0 amide bonds. The lowest BCUT2D eigenvalue weighted by atomic mass is 10.3. The second-order valence-electron chi connectivity index (χ2n) is 1.69. The first-order valence-electron chi connectivity index (χ1n) is 2.36. The lowest BCUT2D eigenvalue weighted by Gasteiger charge is -1.86. The van der Waals surface area contributed by atoms with E-state index in [1.54, 1.807) is 0 Å². The van der Waals surface area contributed by atoms with Crippen LogP contribution in [0.5, 0.6) is 0 Å². The molecule has 1 rings (SSSR count). The van der Waals surface area contributed by atoms with E-state index in [1.165, 1.54) is 6.92 Å². The number of esters is 1. The van der Waals surface area contributed by atoms with Gasteiger partial charge in [-0.1, -0.05) is 0 Å². The van der Waals surface area contributed by atoms with E-state index < -0.39 is 11.8 Å². The lowest BCUT2D eigenvalue weighted by Crippen LogP contribution is -2.14. The number of Topliss-reactive ketones (excluding diaryl/α,β-unsaturated/α-hetero) is 1. The summed E-state index contributed by atoms with van der Waals surface area (Å²) < 4.78 is 4.35. The Morgan fingerprint density at radius 1 is 1.44 bits per heavy atom. The molecule has 0 aliphatic carbocycles. The van der Waals surface area contributed by atoms with Gasteiger partial charge >= 0.3 is 5.97 Å². The van der Waals surface area contributed by atoms with Crippen molar-refractivity contribution in [3.05, 3.63) is 11.5 Å². The minimum absolute atomic E-state index is 0.0833. The number of rotatable bonds is 0. The molecule has 0 atom stereocenters. The Kier molecular flexibility index (Phi) is 1.02. The van der Waals surface area contributed by atoms with Crippen molar-refractivity contribution in [3.8, 4) is 0 Å².